The molecule has 0 bridgehead atoms. The first-order valence-corrected chi connectivity index (χ1v) is 9.62. The van der Waals surface area contributed by atoms with Gasteiger partial charge in [0.2, 0.25) is 5.91 Å². The van der Waals surface area contributed by atoms with Crippen LogP contribution >= 0.6 is 0 Å². The highest BCUT2D eigenvalue weighted by Crippen LogP contribution is 2.36. The largest absolute Gasteiger partial charge is 0.463 e. The number of hydrogen-bond donors (Lipinski definition) is 1. The summed E-state index contributed by atoms with van der Waals surface area (Å²) < 4.78 is 5.14. The van der Waals surface area contributed by atoms with Gasteiger partial charge < -0.3 is 10.1 Å². The minimum absolute atomic E-state index is 0.0448. The van der Waals surface area contributed by atoms with Gasteiger partial charge in [0.1, 0.15) is 6.04 Å². The molecule has 0 spiro atoms. The number of amides is 3. The minimum Gasteiger partial charge on any atom is -0.463 e. The third-order valence-corrected chi connectivity index (χ3v) is 4.81. The predicted octanol–water partition coefficient (Wildman–Crippen LogP) is 3.27. The lowest BCUT2D eigenvalue weighted by Gasteiger charge is -2.36. The van der Waals surface area contributed by atoms with Gasteiger partial charge in [-0.25, -0.2) is 9.59 Å². The molecule has 3 rings (SSSR count). The smallest absolute Gasteiger partial charge is 0.338 e. The number of imide groups is 1. The molecule has 1 aliphatic heterocycles. The van der Waals surface area contributed by atoms with E-state index < -0.39 is 28.9 Å². The van der Waals surface area contributed by atoms with E-state index in [4.69, 9.17) is 4.74 Å². The molecule has 9 nitrogen and oxygen atoms in total. The summed E-state index contributed by atoms with van der Waals surface area (Å²) in [5, 5.41) is 13.8. The molecule has 2 aromatic carbocycles. The van der Waals surface area contributed by atoms with Gasteiger partial charge >= 0.3 is 12.0 Å². The SMILES string of the molecule is CCOC(=O)C1=C(C)NC(=O)N(C(=O)Cc2ccccc2)C1c1cccc([N+](=O)[O-])c1. The number of urea groups is 1. The van der Waals surface area contributed by atoms with Crippen molar-refractivity contribution >= 4 is 23.6 Å². The zero-order valence-electron chi connectivity index (χ0n) is 17.0. The lowest BCUT2D eigenvalue weighted by Crippen LogP contribution is -2.51. The van der Waals surface area contributed by atoms with Crippen LogP contribution in [-0.4, -0.2) is 34.3 Å². The Bertz CT molecular complexity index is 1060. The number of esters is 1. The quantitative estimate of drug-likeness (QED) is 0.433. The summed E-state index contributed by atoms with van der Waals surface area (Å²) in [5.74, 6) is -1.27. The van der Waals surface area contributed by atoms with Crippen molar-refractivity contribution in [3.63, 3.8) is 0 Å². The van der Waals surface area contributed by atoms with Crippen LogP contribution in [0, 0.1) is 10.1 Å². The lowest BCUT2D eigenvalue weighted by molar-refractivity contribution is -0.384. The van der Waals surface area contributed by atoms with Gasteiger partial charge in [0.05, 0.1) is 23.5 Å². The molecular formula is C22H21N3O6. The molecule has 1 atom stereocenters. The van der Waals surface area contributed by atoms with Crippen LogP contribution in [0.5, 0.6) is 0 Å². The van der Waals surface area contributed by atoms with Crippen LogP contribution < -0.4 is 5.32 Å². The average Bonchev–Trinajstić information content (AvgIpc) is 2.74. The summed E-state index contributed by atoms with van der Waals surface area (Å²) in [7, 11) is 0. The first-order chi connectivity index (χ1) is 14.8. The Morgan fingerprint density at radius 1 is 1.16 bits per heavy atom. The van der Waals surface area contributed by atoms with Crippen molar-refractivity contribution in [1.82, 2.24) is 10.2 Å². The molecule has 31 heavy (non-hydrogen) atoms. The monoisotopic (exact) mass is 423 g/mol. The van der Waals surface area contributed by atoms with E-state index in [0.29, 0.717) is 5.56 Å². The summed E-state index contributed by atoms with van der Waals surface area (Å²) in [6.07, 6.45) is -0.0885. The van der Waals surface area contributed by atoms with E-state index in [2.05, 4.69) is 5.32 Å². The molecule has 0 aliphatic carbocycles. The number of non-ortho nitro benzene ring substituents is 1. The van der Waals surface area contributed by atoms with Gasteiger partial charge in [-0.2, -0.15) is 0 Å². The summed E-state index contributed by atoms with van der Waals surface area (Å²) in [6, 6.07) is 12.5. The topological polar surface area (TPSA) is 119 Å². The van der Waals surface area contributed by atoms with Gasteiger partial charge in [-0.3, -0.25) is 19.8 Å². The standard InChI is InChI=1S/C22H21N3O6/c1-3-31-21(27)19-14(2)23-22(28)24(18(26)12-15-8-5-4-6-9-15)20(19)16-10-7-11-17(13-16)25(29)30/h4-11,13,20H,3,12H2,1-2H3,(H,23,28). The van der Waals surface area contributed by atoms with Crippen molar-refractivity contribution in [2.24, 2.45) is 0 Å². The third-order valence-electron chi connectivity index (χ3n) is 4.81. The van der Waals surface area contributed by atoms with Gasteiger partial charge in [0.15, 0.2) is 0 Å². The summed E-state index contributed by atoms with van der Waals surface area (Å²) >= 11 is 0. The summed E-state index contributed by atoms with van der Waals surface area (Å²) in [4.78, 5) is 50.4. The number of carbonyl (C=O) groups is 3. The number of carbonyl (C=O) groups excluding carboxylic acids is 3. The van der Waals surface area contributed by atoms with Crippen molar-refractivity contribution in [3.05, 3.63) is 87.1 Å². The second-order valence-corrected chi connectivity index (χ2v) is 6.87. The average molecular weight is 423 g/mol. The molecule has 9 heteroatoms. The van der Waals surface area contributed by atoms with Crippen molar-refractivity contribution in [2.45, 2.75) is 26.3 Å². The number of rotatable bonds is 6. The molecule has 0 saturated carbocycles. The van der Waals surface area contributed by atoms with Crippen LogP contribution in [0.15, 0.2) is 65.9 Å². The number of nitro benzene ring substituents is 1. The minimum atomic E-state index is -1.16. The molecule has 1 unspecified atom stereocenters. The Hall–Kier alpha value is -4.01. The van der Waals surface area contributed by atoms with E-state index in [9.17, 15) is 24.5 Å². The zero-order valence-corrected chi connectivity index (χ0v) is 17.0. The van der Waals surface area contributed by atoms with Crippen LogP contribution in [-0.2, 0) is 20.7 Å². The van der Waals surface area contributed by atoms with E-state index in [1.165, 1.54) is 31.2 Å². The van der Waals surface area contributed by atoms with E-state index >= 15 is 0 Å². The predicted molar refractivity (Wildman–Crippen MR) is 111 cm³/mol. The molecule has 1 aliphatic rings. The first-order valence-electron chi connectivity index (χ1n) is 9.62. The highest BCUT2D eigenvalue weighted by molar-refractivity contribution is 6.02. The summed E-state index contributed by atoms with van der Waals surface area (Å²) in [6.45, 7) is 3.24. The maximum Gasteiger partial charge on any atom is 0.338 e. The summed E-state index contributed by atoms with van der Waals surface area (Å²) in [5.41, 5.74) is 0.988. The number of nitro groups is 1. The van der Waals surface area contributed by atoms with Crippen molar-refractivity contribution in [1.29, 1.82) is 0 Å². The third kappa shape index (κ3) is 4.61. The van der Waals surface area contributed by atoms with Crippen molar-refractivity contribution in [3.8, 4) is 0 Å². The van der Waals surface area contributed by atoms with Crippen LogP contribution in [0.25, 0.3) is 0 Å². The van der Waals surface area contributed by atoms with Gasteiger partial charge in [-0.05, 0) is 25.0 Å². The van der Waals surface area contributed by atoms with E-state index in [0.717, 1.165) is 4.90 Å². The van der Waals surface area contributed by atoms with Gasteiger partial charge in [-0.15, -0.1) is 0 Å². The van der Waals surface area contributed by atoms with Gasteiger partial charge in [0.25, 0.3) is 5.69 Å². The maximum absolute atomic E-state index is 13.2. The number of benzene rings is 2. The van der Waals surface area contributed by atoms with Gasteiger partial charge in [-0.1, -0.05) is 42.5 Å². The molecule has 0 fully saturated rings. The molecule has 0 saturated heterocycles. The second-order valence-electron chi connectivity index (χ2n) is 6.87. The molecule has 1 N–H and O–H groups in total. The maximum atomic E-state index is 13.2. The van der Waals surface area contributed by atoms with Crippen LogP contribution in [0.3, 0.4) is 0 Å². The number of hydrogen-bond acceptors (Lipinski definition) is 6. The Morgan fingerprint density at radius 2 is 1.87 bits per heavy atom. The van der Waals surface area contributed by atoms with Crippen LogP contribution in [0.4, 0.5) is 10.5 Å². The molecular weight excluding hydrogens is 402 g/mol. The molecule has 2 aromatic rings. The highest BCUT2D eigenvalue weighted by atomic mass is 16.6. The fourth-order valence-electron chi connectivity index (χ4n) is 3.45. The Morgan fingerprint density at radius 3 is 2.52 bits per heavy atom. The van der Waals surface area contributed by atoms with Crippen molar-refractivity contribution < 1.29 is 24.0 Å². The van der Waals surface area contributed by atoms with E-state index in [-0.39, 0.29) is 35.5 Å². The molecule has 0 aromatic heterocycles. The number of nitrogens with zero attached hydrogens (tertiary/aromatic N) is 2. The second kappa shape index (κ2) is 9.21. The number of allylic oxidation sites excluding steroid dienone is 1. The number of nitrogens with one attached hydrogen (secondary N) is 1. The Labute approximate surface area is 178 Å². The first kappa shape index (κ1) is 21.7. The van der Waals surface area contributed by atoms with E-state index in [1.54, 1.807) is 37.3 Å². The molecule has 160 valence electrons. The fourth-order valence-corrected chi connectivity index (χ4v) is 3.45. The van der Waals surface area contributed by atoms with Crippen LogP contribution in [0.2, 0.25) is 0 Å². The van der Waals surface area contributed by atoms with Crippen LogP contribution in [0.1, 0.15) is 31.0 Å². The van der Waals surface area contributed by atoms with Gasteiger partial charge in [0, 0.05) is 17.8 Å². The Kier molecular flexibility index (Phi) is 6.44. The van der Waals surface area contributed by atoms with E-state index in [1.807, 2.05) is 0 Å². The highest BCUT2D eigenvalue weighted by Gasteiger charge is 2.42. The molecule has 0 radical (unpaired) electrons. The molecule has 3 amide bonds. The number of ether oxygens (including phenoxy) is 1. The Balaban J connectivity index is 2.12. The molecule has 1 heterocycles. The lowest BCUT2D eigenvalue weighted by atomic mass is 9.93. The fraction of sp³-hybridized carbons (Fsp3) is 0.227. The normalized spacial score (nSPS) is 16.0. The van der Waals surface area contributed by atoms with Crippen molar-refractivity contribution in [2.75, 3.05) is 6.61 Å². The zero-order chi connectivity index (χ0) is 22.5.